The van der Waals surface area contributed by atoms with Crippen molar-refractivity contribution < 1.29 is 13.9 Å². The zero-order valence-electron chi connectivity index (χ0n) is 12.3. The van der Waals surface area contributed by atoms with Crippen LogP contribution in [-0.4, -0.2) is 27.6 Å². The average Bonchev–Trinajstić information content (AvgIpc) is 2.35. The van der Waals surface area contributed by atoms with Gasteiger partial charge in [0.25, 0.3) is 0 Å². The summed E-state index contributed by atoms with van der Waals surface area (Å²) in [5, 5.41) is 2.46. The van der Waals surface area contributed by atoms with Gasteiger partial charge in [0.05, 0.1) is 6.61 Å². The molecule has 0 unspecified atom stereocenters. The molecule has 0 spiro atoms. The van der Waals surface area contributed by atoms with Gasteiger partial charge in [-0.3, -0.25) is 4.79 Å². The van der Waals surface area contributed by atoms with E-state index in [-0.39, 0.29) is 24.9 Å². The maximum Gasteiger partial charge on any atom is 0.245 e. The van der Waals surface area contributed by atoms with Gasteiger partial charge in [-0.2, -0.15) is 0 Å². The fourth-order valence-corrected chi connectivity index (χ4v) is 1.92. The smallest absolute Gasteiger partial charge is 0.245 e. The van der Waals surface area contributed by atoms with E-state index < -0.39 is 8.07 Å². The molecule has 0 radical (unpaired) electrons. The molecule has 1 amide bonds. The molecule has 1 aromatic rings. The van der Waals surface area contributed by atoms with Gasteiger partial charge in [0.1, 0.15) is 20.5 Å². The Morgan fingerprint density at radius 1 is 1.35 bits per heavy atom. The van der Waals surface area contributed by atoms with Crippen LogP contribution in [-0.2, 0) is 16.1 Å². The maximum atomic E-state index is 13.5. The number of hydrogen-bond acceptors (Lipinski definition) is 2. The molecule has 0 heterocycles. The Labute approximate surface area is 120 Å². The van der Waals surface area contributed by atoms with Crippen LogP contribution in [0.15, 0.2) is 18.2 Å². The quantitative estimate of drug-likeness (QED) is 0.683. The predicted octanol–water partition coefficient (Wildman–Crippen LogP) is 2.32. The van der Waals surface area contributed by atoms with Crippen LogP contribution >= 0.6 is 0 Å². The first-order chi connectivity index (χ1) is 9.30. The summed E-state index contributed by atoms with van der Waals surface area (Å²) in [7, 11) is 0.0519. The predicted molar refractivity (Wildman–Crippen MR) is 80.3 cm³/mol. The molecule has 0 aliphatic carbocycles. The van der Waals surface area contributed by atoms with Crippen LogP contribution in [0, 0.1) is 17.3 Å². The van der Waals surface area contributed by atoms with Crippen molar-refractivity contribution in [1.82, 2.24) is 5.32 Å². The van der Waals surface area contributed by atoms with Crippen LogP contribution in [0.4, 0.5) is 4.39 Å². The van der Waals surface area contributed by atoms with Crippen molar-refractivity contribution in [2.75, 3.05) is 13.7 Å². The second kappa shape index (κ2) is 7.22. The third-order valence-corrected chi connectivity index (χ3v) is 3.20. The first-order valence-electron chi connectivity index (χ1n) is 6.41. The molecule has 20 heavy (non-hydrogen) atoms. The van der Waals surface area contributed by atoms with Crippen LogP contribution in [0.3, 0.4) is 0 Å². The Kier molecular flexibility index (Phi) is 5.93. The van der Waals surface area contributed by atoms with E-state index in [1.165, 1.54) is 19.2 Å². The van der Waals surface area contributed by atoms with E-state index in [2.05, 4.69) is 36.4 Å². The molecule has 5 heteroatoms. The number of benzene rings is 1. The minimum Gasteiger partial charge on any atom is -0.367 e. The lowest BCUT2D eigenvalue weighted by Crippen LogP contribution is -2.23. The van der Waals surface area contributed by atoms with E-state index in [9.17, 15) is 9.18 Å². The Bertz CT molecular complexity index is 541. The van der Waals surface area contributed by atoms with Crippen molar-refractivity contribution in [1.29, 1.82) is 0 Å². The molecular weight excluding hydrogens is 273 g/mol. The minimum absolute atomic E-state index is 0.0388. The Morgan fingerprint density at radius 2 is 2.05 bits per heavy atom. The van der Waals surface area contributed by atoms with Gasteiger partial charge < -0.3 is 10.1 Å². The Hall–Kier alpha value is -1.64. The normalized spacial score (nSPS) is 10.7. The van der Waals surface area contributed by atoms with Gasteiger partial charge in [0, 0.05) is 12.6 Å². The number of ether oxygens (including phenoxy) is 1. The van der Waals surface area contributed by atoms with E-state index >= 15 is 0 Å². The number of hydrogen-bond donors (Lipinski definition) is 1. The van der Waals surface area contributed by atoms with Crippen LogP contribution in [0.5, 0.6) is 0 Å². The van der Waals surface area contributed by atoms with Crippen LogP contribution in [0.25, 0.3) is 0 Å². The summed E-state index contributed by atoms with van der Waals surface area (Å²) in [5.74, 6) is 2.46. The summed E-state index contributed by atoms with van der Waals surface area (Å²) < 4.78 is 18.7. The maximum absolute atomic E-state index is 13.5. The lowest BCUT2D eigenvalue weighted by Gasteiger charge is -2.06. The molecule has 1 N–H and O–H groups in total. The topological polar surface area (TPSA) is 38.3 Å². The molecule has 0 atom stereocenters. The van der Waals surface area contributed by atoms with Gasteiger partial charge in [-0.05, 0) is 23.8 Å². The molecule has 0 fully saturated rings. The van der Waals surface area contributed by atoms with E-state index in [0.29, 0.717) is 11.1 Å². The van der Waals surface area contributed by atoms with E-state index in [1.807, 2.05) is 0 Å². The second-order valence-corrected chi connectivity index (χ2v) is 10.3. The number of amides is 1. The molecule has 108 valence electrons. The van der Waals surface area contributed by atoms with Gasteiger partial charge in [-0.25, -0.2) is 4.39 Å². The van der Waals surface area contributed by atoms with E-state index in [0.717, 1.165) is 0 Å². The number of carbonyl (C=O) groups excluding carboxylic acids is 1. The fourth-order valence-electron chi connectivity index (χ4n) is 1.40. The molecule has 0 aliphatic heterocycles. The van der Waals surface area contributed by atoms with Crippen LogP contribution < -0.4 is 5.32 Å². The molecule has 1 aromatic carbocycles. The van der Waals surface area contributed by atoms with Crippen molar-refractivity contribution in [3.63, 3.8) is 0 Å². The van der Waals surface area contributed by atoms with Crippen LogP contribution in [0.2, 0.25) is 19.6 Å². The van der Waals surface area contributed by atoms with E-state index in [1.54, 1.807) is 6.07 Å². The number of likely N-dealkylation sites (N-methyl/N-ethyl adjacent to an activating group) is 1. The van der Waals surface area contributed by atoms with Gasteiger partial charge in [0.2, 0.25) is 5.91 Å². The highest BCUT2D eigenvalue weighted by Gasteiger charge is 2.08. The number of halogens is 1. The Morgan fingerprint density at radius 3 is 2.65 bits per heavy atom. The molecule has 0 aliphatic rings. The van der Waals surface area contributed by atoms with Crippen molar-refractivity contribution >= 4 is 14.0 Å². The molecule has 0 bridgehead atoms. The lowest BCUT2D eigenvalue weighted by atomic mass is 10.1. The van der Waals surface area contributed by atoms with Crippen molar-refractivity contribution in [3.05, 3.63) is 35.1 Å². The summed E-state index contributed by atoms with van der Waals surface area (Å²) in [4.78, 5) is 11.0. The van der Waals surface area contributed by atoms with E-state index in [4.69, 9.17) is 4.74 Å². The first-order valence-corrected chi connectivity index (χ1v) is 9.91. The highest BCUT2D eigenvalue weighted by molar-refractivity contribution is 6.83. The van der Waals surface area contributed by atoms with Crippen molar-refractivity contribution in [2.24, 2.45) is 0 Å². The molecule has 0 saturated carbocycles. The second-order valence-electron chi connectivity index (χ2n) is 5.51. The van der Waals surface area contributed by atoms with Gasteiger partial charge >= 0.3 is 0 Å². The van der Waals surface area contributed by atoms with Gasteiger partial charge in [-0.15, -0.1) is 5.54 Å². The summed E-state index contributed by atoms with van der Waals surface area (Å²) in [6.07, 6.45) is 0. The summed E-state index contributed by atoms with van der Waals surface area (Å²) in [5.41, 5.74) is 4.51. The lowest BCUT2D eigenvalue weighted by molar-refractivity contribution is -0.125. The number of rotatable bonds is 4. The van der Waals surface area contributed by atoms with Gasteiger partial charge in [-0.1, -0.05) is 25.6 Å². The number of nitrogens with one attached hydrogen (secondary N) is 1. The first kappa shape index (κ1) is 16.4. The largest absolute Gasteiger partial charge is 0.367 e. The molecule has 3 nitrogen and oxygen atoms in total. The monoisotopic (exact) mass is 293 g/mol. The summed E-state index contributed by atoms with van der Waals surface area (Å²) in [6.45, 7) is 6.54. The Balaban J connectivity index is 2.76. The third-order valence-electron chi connectivity index (χ3n) is 2.32. The SMILES string of the molecule is CNC(=O)COCc1cc(F)cc(C#C[Si](C)(C)C)c1. The fraction of sp³-hybridized carbons (Fsp3) is 0.400. The van der Waals surface area contributed by atoms with Crippen molar-refractivity contribution in [2.45, 2.75) is 26.2 Å². The molecule has 0 saturated heterocycles. The van der Waals surface area contributed by atoms with Crippen molar-refractivity contribution in [3.8, 4) is 11.5 Å². The minimum atomic E-state index is -1.49. The molecule has 0 aromatic heterocycles. The highest BCUT2D eigenvalue weighted by atomic mass is 28.3. The van der Waals surface area contributed by atoms with Crippen LogP contribution in [0.1, 0.15) is 11.1 Å². The average molecular weight is 293 g/mol. The third kappa shape index (κ3) is 6.50. The number of carbonyl (C=O) groups is 1. The highest BCUT2D eigenvalue weighted by Crippen LogP contribution is 2.10. The molecule has 1 rings (SSSR count). The van der Waals surface area contributed by atoms with Gasteiger partial charge in [0.15, 0.2) is 0 Å². The molecular formula is C15H20FNO2Si. The standard InChI is InChI=1S/C15H20FNO2Si/c1-17-15(18)11-19-10-13-7-12(8-14(16)9-13)5-6-20(2,3)4/h7-9H,10-11H2,1-4H3,(H,17,18). The summed E-state index contributed by atoms with van der Waals surface area (Å²) >= 11 is 0. The summed E-state index contributed by atoms with van der Waals surface area (Å²) in [6, 6.07) is 4.60. The zero-order chi connectivity index (χ0) is 15.2. The zero-order valence-corrected chi connectivity index (χ0v) is 13.3.